The van der Waals surface area contributed by atoms with E-state index in [1.165, 1.54) is 0 Å². The quantitative estimate of drug-likeness (QED) is 0.334. The van der Waals surface area contributed by atoms with Crippen molar-refractivity contribution in [2.45, 2.75) is 0 Å². The molecule has 5 heavy (non-hydrogen) atoms. The van der Waals surface area contributed by atoms with E-state index in [1.54, 1.807) is 0 Å². The summed E-state index contributed by atoms with van der Waals surface area (Å²) in [4.78, 5) is 0. The average Bonchev–Trinajstić information content (AvgIpc) is 0.722. The van der Waals surface area contributed by atoms with Gasteiger partial charge >= 0.3 is 72.2 Å². The van der Waals surface area contributed by atoms with Gasteiger partial charge in [-0.15, -0.1) is 0 Å². The summed E-state index contributed by atoms with van der Waals surface area (Å²) in [5.41, 5.74) is 0. The molecule has 5 heteroatoms. The van der Waals surface area contributed by atoms with Gasteiger partial charge in [-0.2, -0.15) is 0 Å². The van der Waals surface area contributed by atoms with E-state index in [0.717, 1.165) is 0 Å². The minimum absolute atomic E-state index is 1.50. The van der Waals surface area contributed by atoms with Crippen LogP contribution in [-0.2, 0) is 0 Å². The molecule has 0 saturated heterocycles. The van der Waals surface area contributed by atoms with Crippen molar-refractivity contribution in [3.8, 4) is 0 Å². The molecule has 0 spiro atoms. The van der Waals surface area contributed by atoms with Gasteiger partial charge in [0.1, 0.15) is 0 Å². The average molecular weight is 739 g/mol. The summed E-state index contributed by atoms with van der Waals surface area (Å²) < 4.78 is 0. The van der Waals surface area contributed by atoms with E-state index in [0.29, 0.717) is 0 Å². The predicted molar refractivity (Wildman–Crippen MR) is 56.1 cm³/mol. The van der Waals surface area contributed by atoms with Crippen molar-refractivity contribution in [2.75, 3.05) is 0 Å². The number of hydrogen-bond donors (Lipinski definition) is 0. The van der Waals surface area contributed by atoms with E-state index >= 15 is 0 Å². The Kier molecular flexibility index (Phi) is 7.08. The third-order valence-corrected chi connectivity index (χ3v) is 0. The number of hydrogen-bond acceptors (Lipinski definition) is 0. The van der Waals surface area contributed by atoms with E-state index in [-0.39, 0.29) is 0 Å². The van der Waals surface area contributed by atoms with Gasteiger partial charge in [0.15, 0.2) is 0 Å². The molecular weight excluding hydrogens is 739 g/mol. The van der Waals surface area contributed by atoms with Crippen molar-refractivity contribution < 1.29 is 6.37 Å². The summed E-state index contributed by atoms with van der Waals surface area (Å²) in [5.74, 6) is 0. The van der Waals surface area contributed by atoms with Crippen molar-refractivity contribution in [1.82, 2.24) is 0 Å². The minimum atomic E-state index is -1.50. The molecular formula is I4Pa. The Labute approximate surface area is 68.9 Å². The second-order valence-electron chi connectivity index (χ2n) is 0.495. The first-order chi connectivity index (χ1) is 2.00. The zero-order valence-corrected chi connectivity index (χ0v) is 15.5. The van der Waals surface area contributed by atoms with E-state index in [4.69, 9.17) is 0 Å². The second-order valence-corrected chi connectivity index (χ2v) is 208. The summed E-state index contributed by atoms with van der Waals surface area (Å²) in [6, 6.07) is 0. The molecule has 0 rings (SSSR count). The maximum atomic E-state index is 2.57. The molecule has 0 nitrogen and oxygen atoms in total. The van der Waals surface area contributed by atoms with Gasteiger partial charge in [0.25, 0.3) is 0 Å². The molecule has 0 amide bonds. The van der Waals surface area contributed by atoms with Gasteiger partial charge in [-0.25, -0.2) is 0 Å². The number of halogens is 4. The van der Waals surface area contributed by atoms with Crippen LogP contribution < -0.4 is 0 Å². The van der Waals surface area contributed by atoms with Crippen molar-refractivity contribution in [1.29, 1.82) is 0 Å². The van der Waals surface area contributed by atoms with Crippen LogP contribution in [0.15, 0.2) is 0 Å². The fraction of sp³-hybridized carbons (Fsp3) is 0. The van der Waals surface area contributed by atoms with Crippen molar-refractivity contribution in [2.24, 2.45) is 0 Å². The van der Waals surface area contributed by atoms with E-state index < -0.39 is 6.37 Å². The SMILES string of the molecule is [I][Pa]([I])([I])[I]. The molecule has 0 radical (unpaired) electrons. The molecule has 0 fully saturated rings. The molecule has 0 atom stereocenters. The number of rotatable bonds is 0. The molecule has 0 aliphatic rings. The summed E-state index contributed by atoms with van der Waals surface area (Å²) in [5, 5.41) is 0. The van der Waals surface area contributed by atoms with Gasteiger partial charge in [-0.1, -0.05) is 0 Å². The Bertz CT molecular complexity index is 19.1. The Morgan fingerprint density at radius 2 is 0.800 bits per heavy atom. The molecule has 0 aliphatic carbocycles. The van der Waals surface area contributed by atoms with Gasteiger partial charge in [0.05, 0.1) is 0 Å². The van der Waals surface area contributed by atoms with Crippen LogP contribution in [0, 0.1) is 6.37 Å². The van der Waals surface area contributed by atoms with Gasteiger partial charge in [0.2, 0.25) is 0 Å². The van der Waals surface area contributed by atoms with Crippen LogP contribution in [0.1, 0.15) is 0 Å². The van der Waals surface area contributed by atoms with Crippen molar-refractivity contribution in [3.05, 3.63) is 0 Å². The van der Waals surface area contributed by atoms with Gasteiger partial charge in [0, 0.05) is 0 Å². The van der Waals surface area contributed by atoms with Crippen LogP contribution in [0.25, 0.3) is 0 Å². The Hall–Kier alpha value is 4.01. The third-order valence-electron chi connectivity index (χ3n) is 0. The van der Waals surface area contributed by atoms with Gasteiger partial charge in [-0.3, -0.25) is 0 Å². The first-order valence-electron chi connectivity index (χ1n) is 0.873. The fourth-order valence-corrected chi connectivity index (χ4v) is 0. The molecule has 31 valence electrons. The summed E-state index contributed by atoms with van der Waals surface area (Å²) in [6.07, 6.45) is -1.50. The van der Waals surface area contributed by atoms with Crippen LogP contribution in [0.5, 0.6) is 0 Å². The summed E-state index contributed by atoms with van der Waals surface area (Å²) in [7, 11) is 0. The van der Waals surface area contributed by atoms with Crippen LogP contribution in [0.4, 0.5) is 0 Å². The molecule has 0 aromatic rings. The zero-order valence-electron chi connectivity index (χ0n) is 2.09. The third kappa shape index (κ3) is 18.0. The first kappa shape index (κ1) is 9.01. The molecule has 0 N–H and O–H groups in total. The standard InChI is InChI=1S/4HI.Pa/h4*1H;/q;;;;+4/p-4. The van der Waals surface area contributed by atoms with Gasteiger partial charge < -0.3 is 0 Å². The topological polar surface area (TPSA) is 0 Å². The fourth-order valence-electron chi connectivity index (χ4n) is 0. The van der Waals surface area contributed by atoms with Crippen LogP contribution in [0.2, 0.25) is 0 Å². The molecule has 0 aromatic heterocycles. The molecule has 0 aromatic carbocycles. The van der Waals surface area contributed by atoms with Crippen LogP contribution in [-0.4, -0.2) is 0 Å². The molecule has 0 bridgehead atoms. The van der Waals surface area contributed by atoms with Crippen molar-refractivity contribution >= 4 is 65.8 Å². The Morgan fingerprint density at radius 3 is 0.800 bits per heavy atom. The Balaban J connectivity index is 3.02. The first-order valence-corrected chi connectivity index (χ1v) is 54.6. The molecule has 0 unspecified atom stereocenters. The second kappa shape index (κ2) is 3.93. The normalized spacial score (nSPS) is 12.0. The van der Waals surface area contributed by atoms with Crippen molar-refractivity contribution in [3.63, 3.8) is 0 Å². The summed E-state index contributed by atoms with van der Waals surface area (Å²) in [6.45, 7) is 0. The van der Waals surface area contributed by atoms with Gasteiger partial charge in [-0.05, 0) is 0 Å². The Morgan fingerprint density at radius 1 is 0.800 bits per heavy atom. The molecule has 0 saturated carbocycles. The monoisotopic (exact) mass is 739 g/mol. The predicted octanol–water partition coefficient (Wildman–Crippen LogP) is 3.54. The molecule has 0 heterocycles. The maximum absolute atomic E-state index is 2.57. The zero-order chi connectivity index (χ0) is 4.50. The van der Waals surface area contributed by atoms with E-state index in [1.807, 2.05) is 0 Å². The van der Waals surface area contributed by atoms with E-state index in [2.05, 4.69) is 65.8 Å². The van der Waals surface area contributed by atoms with Crippen LogP contribution in [0.3, 0.4) is 0 Å². The van der Waals surface area contributed by atoms with E-state index in [9.17, 15) is 0 Å². The molecule has 0 aliphatic heterocycles. The van der Waals surface area contributed by atoms with Crippen LogP contribution >= 0.6 is 65.8 Å². The summed E-state index contributed by atoms with van der Waals surface area (Å²) >= 11 is 10.3.